The van der Waals surface area contributed by atoms with Crippen LogP contribution in [0.25, 0.3) is 0 Å². The minimum Gasteiger partial charge on any atom is -0.508 e. The van der Waals surface area contributed by atoms with E-state index in [2.05, 4.69) is 11.9 Å². The van der Waals surface area contributed by atoms with Gasteiger partial charge in [0.1, 0.15) is 11.5 Å². The van der Waals surface area contributed by atoms with Crippen molar-refractivity contribution in [2.75, 3.05) is 14.2 Å². The summed E-state index contributed by atoms with van der Waals surface area (Å²) in [5, 5.41) is 9.90. The molecule has 0 bridgehead atoms. The molecule has 0 atom stereocenters. The minimum absolute atomic E-state index is 0.360. The summed E-state index contributed by atoms with van der Waals surface area (Å²) in [4.78, 5) is 2.35. The molecule has 1 aromatic carbocycles. The number of rotatable bonds is 4. The predicted molar refractivity (Wildman–Crippen MR) is 73.0 cm³/mol. The van der Waals surface area contributed by atoms with Crippen molar-refractivity contribution in [3.8, 4) is 11.5 Å². The summed E-state index contributed by atoms with van der Waals surface area (Å²) in [6.45, 7) is 0.785. The third kappa shape index (κ3) is 3.16. The van der Waals surface area contributed by atoms with Gasteiger partial charge in [0.05, 0.1) is 7.11 Å². The van der Waals surface area contributed by atoms with Gasteiger partial charge in [0.25, 0.3) is 0 Å². The van der Waals surface area contributed by atoms with E-state index in [4.69, 9.17) is 4.74 Å². The second-order valence-corrected chi connectivity index (χ2v) is 5.20. The molecular formula is C15H23NO2. The van der Waals surface area contributed by atoms with Crippen LogP contribution in [0.15, 0.2) is 18.2 Å². The fraction of sp³-hybridized carbons (Fsp3) is 0.600. The van der Waals surface area contributed by atoms with Gasteiger partial charge in [-0.2, -0.15) is 0 Å². The summed E-state index contributed by atoms with van der Waals surface area (Å²) in [7, 11) is 3.80. The first kappa shape index (κ1) is 13.2. The first-order valence-electron chi connectivity index (χ1n) is 6.77. The average Bonchev–Trinajstić information content (AvgIpc) is 2.42. The van der Waals surface area contributed by atoms with Crippen molar-refractivity contribution in [3.05, 3.63) is 23.8 Å². The second kappa shape index (κ2) is 6.10. The number of methoxy groups -OCH3 is 1. The molecule has 1 aliphatic carbocycles. The van der Waals surface area contributed by atoms with Crippen molar-refractivity contribution in [2.24, 2.45) is 0 Å². The Balaban J connectivity index is 2.03. The van der Waals surface area contributed by atoms with Gasteiger partial charge in [-0.3, -0.25) is 4.90 Å². The monoisotopic (exact) mass is 249 g/mol. The molecule has 1 saturated carbocycles. The zero-order chi connectivity index (χ0) is 13.0. The Morgan fingerprint density at radius 2 is 2.00 bits per heavy atom. The number of aromatic hydroxyl groups is 1. The highest BCUT2D eigenvalue weighted by atomic mass is 16.5. The van der Waals surface area contributed by atoms with Gasteiger partial charge in [0.15, 0.2) is 0 Å². The van der Waals surface area contributed by atoms with E-state index in [0.29, 0.717) is 11.8 Å². The third-order valence-corrected chi connectivity index (χ3v) is 3.90. The lowest BCUT2D eigenvalue weighted by Crippen LogP contribution is -2.32. The van der Waals surface area contributed by atoms with Gasteiger partial charge in [-0.1, -0.05) is 19.3 Å². The van der Waals surface area contributed by atoms with E-state index < -0.39 is 0 Å². The maximum Gasteiger partial charge on any atom is 0.120 e. The fourth-order valence-electron chi connectivity index (χ4n) is 2.74. The summed E-state index contributed by atoms with van der Waals surface area (Å²) < 4.78 is 5.21. The van der Waals surface area contributed by atoms with Crippen LogP contribution in [0.1, 0.15) is 37.7 Å². The first-order chi connectivity index (χ1) is 8.70. The second-order valence-electron chi connectivity index (χ2n) is 5.20. The van der Waals surface area contributed by atoms with Crippen molar-refractivity contribution in [1.82, 2.24) is 4.90 Å². The molecule has 1 N–H and O–H groups in total. The van der Waals surface area contributed by atoms with Gasteiger partial charge in [-0.25, -0.2) is 0 Å². The van der Waals surface area contributed by atoms with E-state index in [-0.39, 0.29) is 0 Å². The number of phenolic OH excluding ortho intramolecular Hbond substituents is 1. The van der Waals surface area contributed by atoms with E-state index in [9.17, 15) is 5.11 Å². The smallest absolute Gasteiger partial charge is 0.120 e. The molecule has 100 valence electrons. The molecule has 0 aliphatic heterocycles. The molecule has 1 fully saturated rings. The molecule has 0 heterocycles. The minimum atomic E-state index is 0.360. The quantitative estimate of drug-likeness (QED) is 0.889. The van der Waals surface area contributed by atoms with Crippen LogP contribution < -0.4 is 4.74 Å². The van der Waals surface area contributed by atoms with Crippen molar-refractivity contribution in [1.29, 1.82) is 0 Å². The van der Waals surface area contributed by atoms with Gasteiger partial charge >= 0.3 is 0 Å². The molecule has 0 aromatic heterocycles. The Kier molecular flexibility index (Phi) is 4.48. The van der Waals surface area contributed by atoms with Gasteiger partial charge in [-0.15, -0.1) is 0 Å². The van der Waals surface area contributed by atoms with Gasteiger partial charge in [0.2, 0.25) is 0 Å². The normalized spacial score (nSPS) is 17.1. The molecule has 0 amide bonds. The van der Waals surface area contributed by atoms with Crippen LogP contribution in [-0.2, 0) is 6.54 Å². The maximum absolute atomic E-state index is 9.90. The zero-order valence-electron chi connectivity index (χ0n) is 11.4. The van der Waals surface area contributed by atoms with Crippen molar-refractivity contribution in [2.45, 2.75) is 44.7 Å². The van der Waals surface area contributed by atoms with Crippen LogP contribution in [0.5, 0.6) is 11.5 Å². The average molecular weight is 249 g/mol. The van der Waals surface area contributed by atoms with Crippen LogP contribution >= 0.6 is 0 Å². The van der Waals surface area contributed by atoms with E-state index in [1.807, 2.05) is 6.07 Å². The summed E-state index contributed by atoms with van der Waals surface area (Å²) in [5.74, 6) is 1.17. The number of benzene rings is 1. The molecule has 0 saturated heterocycles. The van der Waals surface area contributed by atoms with E-state index in [1.54, 1.807) is 19.2 Å². The highest BCUT2D eigenvalue weighted by Gasteiger charge is 2.19. The topological polar surface area (TPSA) is 32.7 Å². The lowest BCUT2D eigenvalue weighted by Gasteiger charge is -2.31. The molecule has 0 radical (unpaired) electrons. The number of ether oxygens (including phenoxy) is 1. The SMILES string of the molecule is COc1ccc(O)c(CN(C)C2CCCCC2)c1. The lowest BCUT2D eigenvalue weighted by atomic mass is 9.94. The maximum atomic E-state index is 9.90. The molecule has 3 nitrogen and oxygen atoms in total. The Bertz CT molecular complexity index is 386. The highest BCUT2D eigenvalue weighted by molar-refractivity contribution is 5.39. The molecule has 2 rings (SSSR count). The van der Waals surface area contributed by atoms with Crippen LogP contribution in [-0.4, -0.2) is 30.2 Å². The Morgan fingerprint density at radius 1 is 1.28 bits per heavy atom. The summed E-state index contributed by atoms with van der Waals surface area (Å²) >= 11 is 0. The summed E-state index contributed by atoms with van der Waals surface area (Å²) in [6, 6.07) is 6.08. The van der Waals surface area contributed by atoms with Gasteiger partial charge in [0, 0.05) is 18.2 Å². The standard InChI is InChI=1S/C15H23NO2/c1-16(13-6-4-3-5-7-13)11-12-10-14(18-2)8-9-15(12)17/h8-10,13,17H,3-7,11H2,1-2H3. The molecule has 1 aliphatic rings. The van der Waals surface area contributed by atoms with Crippen LogP contribution in [0.2, 0.25) is 0 Å². The predicted octanol–water partition coefficient (Wildman–Crippen LogP) is 3.17. The fourth-order valence-corrected chi connectivity index (χ4v) is 2.74. The molecule has 1 aromatic rings. The molecule has 0 unspecified atom stereocenters. The van der Waals surface area contributed by atoms with Gasteiger partial charge < -0.3 is 9.84 Å². The molecule has 18 heavy (non-hydrogen) atoms. The van der Waals surface area contributed by atoms with Gasteiger partial charge in [-0.05, 0) is 38.1 Å². The van der Waals surface area contributed by atoms with E-state index in [1.165, 1.54) is 32.1 Å². The van der Waals surface area contributed by atoms with Crippen molar-refractivity contribution < 1.29 is 9.84 Å². The third-order valence-electron chi connectivity index (χ3n) is 3.90. The highest BCUT2D eigenvalue weighted by Crippen LogP contribution is 2.27. The molecule has 3 heteroatoms. The number of phenols is 1. The van der Waals surface area contributed by atoms with E-state index >= 15 is 0 Å². The Morgan fingerprint density at radius 3 is 2.67 bits per heavy atom. The number of hydrogen-bond acceptors (Lipinski definition) is 3. The molecule has 0 spiro atoms. The lowest BCUT2D eigenvalue weighted by molar-refractivity contribution is 0.183. The van der Waals surface area contributed by atoms with E-state index in [0.717, 1.165) is 17.9 Å². The summed E-state index contributed by atoms with van der Waals surface area (Å²) in [6.07, 6.45) is 6.59. The number of nitrogens with zero attached hydrogens (tertiary/aromatic N) is 1. The van der Waals surface area contributed by atoms with Crippen LogP contribution in [0.4, 0.5) is 0 Å². The van der Waals surface area contributed by atoms with Crippen LogP contribution in [0.3, 0.4) is 0 Å². The summed E-state index contributed by atoms with van der Waals surface area (Å²) in [5.41, 5.74) is 0.947. The van der Waals surface area contributed by atoms with Crippen LogP contribution in [0, 0.1) is 0 Å². The Hall–Kier alpha value is -1.22. The molecular weight excluding hydrogens is 226 g/mol. The first-order valence-corrected chi connectivity index (χ1v) is 6.77. The van der Waals surface area contributed by atoms with Crippen molar-refractivity contribution in [3.63, 3.8) is 0 Å². The Labute approximate surface area is 109 Å². The zero-order valence-corrected chi connectivity index (χ0v) is 11.4. The largest absolute Gasteiger partial charge is 0.508 e. The van der Waals surface area contributed by atoms with Crippen molar-refractivity contribution >= 4 is 0 Å². The number of hydrogen-bond donors (Lipinski definition) is 1.